The summed E-state index contributed by atoms with van der Waals surface area (Å²) in [6, 6.07) is 7.05. The average molecular weight is 317 g/mol. The van der Waals surface area contributed by atoms with Crippen molar-refractivity contribution in [3.05, 3.63) is 48.0 Å². The van der Waals surface area contributed by atoms with Gasteiger partial charge in [0, 0.05) is 11.8 Å². The number of carbonyl (C=O) groups excluding carboxylic acids is 2. The number of aromatic hydroxyl groups is 1. The predicted molar refractivity (Wildman–Crippen MR) is 82.0 cm³/mol. The number of hydrogen-bond acceptors (Lipinski definition) is 4. The van der Waals surface area contributed by atoms with Crippen LogP contribution in [0.2, 0.25) is 0 Å². The fraction of sp³-hybridized carbons (Fsp3) is 0.188. The third-order valence-corrected chi connectivity index (χ3v) is 3.28. The number of primary amides is 1. The number of benzene rings is 1. The van der Waals surface area contributed by atoms with Crippen LogP contribution in [0.1, 0.15) is 24.3 Å². The summed E-state index contributed by atoms with van der Waals surface area (Å²) in [5, 5.41) is 12.4. The second kappa shape index (κ2) is 6.04. The van der Waals surface area contributed by atoms with E-state index in [4.69, 9.17) is 5.73 Å². The van der Waals surface area contributed by atoms with Crippen LogP contribution in [-0.2, 0) is 4.79 Å². The van der Waals surface area contributed by atoms with Gasteiger partial charge in [0.15, 0.2) is 5.69 Å². The first-order valence-corrected chi connectivity index (χ1v) is 6.78. The van der Waals surface area contributed by atoms with Gasteiger partial charge in [-0.05, 0) is 37.6 Å². The molecule has 2 amide bonds. The van der Waals surface area contributed by atoms with Crippen molar-refractivity contribution < 1.29 is 19.1 Å². The number of nitrogens with zero attached hydrogens (tertiary/aromatic N) is 1. The summed E-state index contributed by atoms with van der Waals surface area (Å²) < 4.78 is 13.2. The second-order valence-corrected chi connectivity index (χ2v) is 5.55. The Balaban J connectivity index is 2.29. The number of nitrogens with one attached hydrogen (secondary N) is 1. The Bertz CT molecular complexity index is 775. The normalized spacial score (nSPS) is 11.1. The molecule has 0 spiro atoms. The first-order valence-electron chi connectivity index (χ1n) is 6.78. The molecule has 120 valence electrons. The van der Waals surface area contributed by atoms with E-state index in [1.54, 1.807) is 6.07 Å². The largest absolute Gasteiger partial charge is 0.505 e. The Labute approximate surface area is 132 Å². The van der Waals surface area contributed by atoms with Gasteiger partial charge in [-0.15, -0.1) is 0 Å². The highest BCUT2D eigenvalue weighted by Gasteiger charge is 2.28. The summed E-state index contributed by atoms with van der Waals surface area (Å²) in [7, 11) is 0. The fourth-order valence-electron chi connectivity index (χ4n) is 1.86. The molecule has 0 atom stereocenters. The molecule has 1 aromatic carbocycles. The minimum absolute atomic E-state index is 0.250. The lowest BCUT2D eigenvalue weighted by Crippen LogP contribution is -2.53. The Morgan fingerprint density at radius 1 is 1.26 bits per heavy atom. The molecule has 2 rings (SSSR count). The summed E-state index contributed by atoms with van der Waals surface area (Å²) >= 11 is 0. The highest BCUT2D eigenvalue weighted by molar-refractivity contribution is 5.99. The van der Waals surface area contributed by atoms with Gasteiger partial charge in [-0.3, -0.25) is 9.59 Å². The SMILES string of the molecule is CC(C)(NC(=O)c1ncc(-c2cccc(F)c2)cc1O)C(N)=O. The van der Waals surface area contributed by atoms with E-state index < -0.39 is 23.2 Å². The number of amides is 2. The van der Waals surface area contributed by atoms with Gasteiger partial charge in [-0.2, -0.15) is 0 Å². The van der Waals surface area contributed by atoms with Crippen molar-refractivity contribution >= 4 is 11.8 Å². The zero-order valence-corrected chi connectivity index (χ0v) is 12.6. The van der Waals surface area contributed by atoms with Gasteiger partial charge in [0.05, 0.1) is 0 Å². The number of hydrogen-bond donors (Lipinski definition) is 3. The van der Waals surface area contributed by atoms with Gasteiger partial charge in [0.2, 0.25) is 5.91 Å². The number of halogens is 1. The molecule has 0 unspecified atom stereocenters. The molecule has 0 aliphatic rings. The van der Waals surface area contributed by atoms with E-state index in [0.717, 1.165) is 0 Å². The van der Waals surface area contributed by atoms with E-state index in [9.17, 15) is 19.1 Å². The molecule has 0 aliphatic heterocycles. The molecule has 0 saturated carbocycles. The topological polar surface area (TPSA) is 105 Å². The smallest absolute Gasteiger partial charge is 0.274 e. The van der Waals surface area contributed by atoms with Gasteiger partial charge in [-0.1, -0.05) is 12.1 Å². The lowest BCUT2D eigenvalue weighted by Gasteiger charge is -2.22. The van der Waals surface area contributed by atoms with Crippen LogP contribution in [0.3, 0.4) is 0 Å². The quantitative estimate of drug-likeness (QED) is 0.796. The first-order chi connectivity index (χ1) is 10.7. The Kier molecular flexibility index (Phi) is 4.31. The Hall–Kier alpha value is -2.96. The highest BCUT2D eigenvalue weighted by atomic mass is 19.1. The molecule has 1 heterocycles. The van der Waals surface area contributed by atoms with Crippen LogP contribution in [0.15, 0.2) is 36.5 Å². The third kappa shape index (κ3) is 3.63. The minimum Gasteiger partial charge on any atom is -0.505 e. The zero-order valence-electron chi connectivity index (χ0n) is 12.6. The molecule has 1 aromatic heterocycles. The van der Waals surface area contributed by atoms with Crippen LogP contribution in [0.25, 0.3) is 11.1 Å². The van der Waals surface area contributed by atoms with Crippen molar-refractivity contribution in [2.24, 2.45) is 5.73 Å². The van der Waals surface area contributed by atoms with Crippen molar-refractivity contribution in [3.8, 4) is 16.9 Å². The zero-order chi connectivity index (χ0) is 17.2. The molecule has 0 bridgehead atoms. The van der Waals surface area contributed by atoms with E-state index >= 15 is 0 Å². The van der Waals surface area contributed by atoms with E-state index in [1.807, 2.05) is 0 Å². The number of nitrogens with two attached hydrogens (primary N) is 1. The molecule has 0 fully saturated rings. The van der Waals surface area contributed by atoms with Crippen LogP contribution in [0, 0.1) is 5.82 Å². The van der Waals surface area contributed by atoms with Gasteiger partial charge >= 0.3 is 0 Å². The second-order valence-electron chi connectivity index (χ2n) is 5.55. The van der Waals surface area contributed by atoms with Crippen molar-refractivity contribution in [2.45, 2.75) is 19.4 Å². The summed E-state index contributed by atoms with van der Waals surface area (Å²) in [4.78, 5) is 27.2. The monoisotopic (exact) mass is 317 g/mol. The molecule has 6 nitrogen and oxygen atoms in total. The van der Waals surface area contributed by atoms with Gasteiger partial charge in [0.25, 0.3) is 5.91 Å². The molecule has 2 aromatic rings. The molecular formula is C16H16FN3O3. The number of rotatable bonds is 4. The summed E-state index contributed by atoms with van der Waals surface area (Å²) in [5.74, 6) is -2.27. The van der Waals surface area contributed by atoms with Gasteiger partial charge in [0.1, 0.15) is 17.1 Å². The summed E-state index contributed by atoms with van der Waals surface area (Å²) in [6.07, 6.45) is 1.33. The number of aromatic nitrogens is 1. The maximum absolute atomic E-state index is 13.2. The van der Waals surface area contributed by atoms with Crippen molar-refractivity contribution in [1.82, 2.24) is 10.3 Å². The molecule has 7 heteroatoms. The Morgan fingerprint density at radius 3 is 2.52 bits per heavy atom. The standard InChI is InChI=1S/C16H16FN3O3/c1-16(2,15(18)23)20-14(22)13-12(21)7-10(8-19-13)9-4-3-5-11(17)6-9/h3-8,21H,1-2H3,(H2,18,23)(H,20,22). The van der Waals surface area contributed by atoms with Crippen molar-refractivity contribution in [2.75, 3.05) is 0 Å². The van der Waals surface area contributed by atoms with E-state index in [0.29, 0.717) is 11.1 Å². The van der Waals surface area contributed by atoms with Crippen molar-refractivity contribution in [3.63, 3.8) is 0 Å². The van der Waals surface area contributed by atoms with Crippen LogP contribution >= 0.6 is 0 Å². The van der Waals surface area contributed by atoms with E-state index in [-0.39, 0.29) is 11.4 Å². The minimum atomic E-state index is -1.29. The first kappa shape index (κ1) is 16.4. The molecule has 23 heavy (non-hydrogen) atoms. The molecular weight excluding hydrogens is 301 g/mol. The highest BCUT2D eigenvalue weighted by Crippen LogP contribution is 2.25. The lowest BCUT2D eigenvalue weighted by molar-refractivity contribution is -0.122. The van der Waals surface area contributed by atoms with Crippen LogP contribution in [0.4, 0.5) is 4.39 Å². The van der Waals surface area contributed by atoms with Crippen LogP contribution < -0.4 is 11.1 Å². The molecule has 0 radical (unpaired) electrons. The fourth-order valence-corrected chi connectivity index (χ4v) is 1.86. The van der Waals surface area contributed by atoms with Crippen LogP contribution in [0.5, 0.6) is 5.75 Å². The van der Waals surface area contributed by atoms with Gasteiger partial charge < -0.3 is 16.2 Å². The lowest BCUT2D eigenvalue weighted by atomic mass is 10.0. The predicted octanol–water partition coefficient (Wildman–Crippen LogP) is 1.59. The molecule has 0 aliphatic carbocycles. The van der Waals surface area contributed by atoms with Gasteiger partial charge in [-0.25, -0.2) is 9.37 Å². The molecule has 0 saturated heterocycles. The Morgan fingerprint density at radius 2 is 1.96 bits per heavy atom. The number of pyridine rings is 1. The molecule has 4 N–H and O–H groups in total. The third-order valence-electron chi connectivity index (χ3n) is 3.28. The summed E-state index contributed by atoms with van der Waals surface area (Å²) in [6.45, 7) is 2.87. The average Bonchev–Trinajstić information content (AvgIpc) is 2.46. The van der Waals surface area contributed by atoms with E-state index in [1.165, 1.54) is 44.3 Å². The maximum Gasteiger partial charge on any atom is 0.274 e. The number of carbonyl (C=O) groups is 2. The maximum atomic E-state index is 13.2. The van der Waals surface area contributed by atoms with E-state index in [2.05, 4.69) is 10.3 Å². The van der Waals surface area contributed by atoms with Crippen LogP contribution in [-0.4, -0.2) is 27.4 Å². The van der Waals surface area contributed by atoms with Crippen molar-refractivity contribution in [1.29, 1.82) is 0 Å². The summed E-state index contributed by atoms with van der Waals surface area (Å²) in [5.41, 5.74) is 4.60.